The minimum Gasteiger partial charge on any atom is -0.372 e. The molecule has 2 N–H and O–H groups in total. The lowest BCUT2D eigenvalue weighted by atomic mass is 10.1. The first-order valence-electron chi connectivity index (χ1n) is 9.21. The fraction of sp³-hybridized carbons (Fsp3) is 0.381. The van der Waals surface area contributed by atoms with Gasteiger partial charge < -0.3 is 15.5 Å². The van der Waals surface area contributed by atoms with E-state index in [4.69, 9.17) is 12.2 Å². The van der Waals surface area contributed by atoms with Gasteiger partial charge in [0.15, 0.2) is 5.11 Å². The van der Waals surface area contributed by atoms with E-state index in [-0.39, 0.29) is 6.04 Å². The number of rotatable bonds is 4. The van der Waals surface area contributed by atoms with Crippen LogP contribution < -0.4 is 15.5 Å². The van der Waals surface area contributed by atoms with E-state index in [2.05, 4.69) is 75.6 Å². The zero-order valence-electron chi connectivity index (χ0n) is 15.4. The van der Waals surface area contributed by atoms with Crippen LogP contribution in [0.2, 0.25) is 0 Å². The number of aryl methyl sites for hydroxylation is 1. The van der Waals surface area contributed by atoms with Gasteiger partial charge in [-0.25, -0.2) is 0 Å². The molecule has 1 unspecified atom stereocenters. The highest BCUT2D eigenvalue weighted by Gasteiger charge is 2.12. The van der Waals surface area contributed by atoms with Crippen molar-refractivity contribution < 1.29 is 0 Å². The van der Waals surface area contributed by atoms with Gasteiger partial charge in [-0.3, -0.25) is 0 Å². The summed E-state index contributed by atoms with van der Waals surface area (Å²) in [6.45, 7) is 6.55. The summed E-state index contributed by atoms with van der Waals surface area (Å²) in [5, 5.41) is 7.28. The molecule has 5 heteroatoms. The van der Waals surface area contributed by atoms with E-state index >= 15 is 0 Å². The van der Waals surface area contributed by atoms with E-state index in [1.54, 1.807) is 0 Å². The van der Waals surface area contributed by atoms with Crippen LogP contribution in [0.3, 0.4) is 0 Å². The van der Waals surface area contributed by atoms with E-state index in [0.29, 0.717) is 5.11 Å². The van der Waals surface area contributed by atoms with E-state index in [9.17, 15) is 0 Å². The third kappa shape index (κ3) is 4.98. The minimum absolute atomic E-state index is 0.155. The van der Waals surface area contributed by atoms with Gasteiger partial charge in [-0.1, -0.05) is 28.1 Å². The molecule has 0 saturated carbocycles. The summed E-state index contributed by atoms with van der Waals surface area (Å²) in [4.78, 5) is 2.48. The summed E-state index contributed by atoms with van der Waals surface area (Å²) in [6, 6.07) is 15.1. The Bertz CT molecular complexity index is 754. The molecular formula is C21H26BrN3S. The van der Waals surface area contributed by atoms with Crippen molar-refractivity contribution in [2.24, 2.45) is 0 Å². The van der Waals surface area contributed by atoms with E-state index in [1.807, 2.05) is 12.1 Å². The summed E-state index contributed by atoms with van der Waals surface area (Å²) < 4.78 is 1.10. The Morgan fingerprint density at radius 2 is 1.77 bits per heavy atom. The number of hydrogen-bond donors (Lipinski definition) is 2. The van der Waals surface area contributed by atoms with Gasteiger partial charge in [0, 0.05) is 28.9 Å². The average Bonchev–Trinajstić information content (AvgIpc) is 2.65. The monoisotopic (exact) mass is 431 g/mol. The Hall–Kier alpha value is -1.59. The van der Waals surface area contributed by atoms with Crippen LogP contribution in [-0.4, -0.2) is 18.2 Å². The fourth-order valence-electron chi connectivity index (χ4n) is 3.30. The summed E-state index contributed by atoms with van der Waals surface area (Å²) in [5.41, 5.74) is 4.74. The van der Waals surface area contributed by atoms with Gasteiger partial charge in [0.1, 0.15) is 0 Å². The largest absolute Gasteiger partial charge is 0.372 e. The van der Waals surface area contributed by atoms with Gasteiger partial charge in [0.05, 0.1) is 6.04 Å². The first kappa shape index (κ1) is 19.2. The standard InChI is InChI=1S/C21H26BrN3S/c1-15-14-18(8-11-20(15)22)24-21(26)23-16(2)17-6-9-19(10-7-17)25-12-4-3-5-13-25/h6-11,14,16H,3-5,12-13H2,1-2H3,(H2,23,24,26). The predicted octanol–water partition coefficient (Wildman–Crippen LogP) is 5.80. The Balaban J connectivity index is 1.57. The fourth-order valence-corrected chi connectivity index (χ4v) is 3.84. The molecule has 138 valence electrons. The van der Waals surface area contributed by atoms with Gasteiger partial charge in [-0.05, 0) is 86.8 Å². The molecule has 0 radical (unpaired) electrons. The number of halogens is 1. The predicted molar refractivity (Wildman–Crippen MR) is 119 cm³/mol. The maximum absolute atomic E-state index is 5.47. The first-order valence-corrected chi connectivity index (χ1v) is 10.4. The smallest absolute Gasteiger partial charge is 0.171 e. The second-order valence-electron chi connectivity index (χ2n) is 6.92. The number of anilines is 2. The Morgan fingerprint density at radius 1 is 1.08 bits per heavy atom. The molecule has 0 amide bonds. The van der Waals surface area contributed by atoms with Gasteiger partial charge in [-0.15, -0.1) is 0 Å². The summed E-state index contributed by atoms with van der Waals surface area (Å²) in [6.07, 6.45) is 3.96. The number of piperidine rings is 1. The van der Waals surface area contributed by atoms with Crippen LogP contribution in [0.1, 0.15) is 43.4 Å². The maximum Gasteiger partial charge on any atom is 0.171 e. The van der Waals surface area contributed by atoms with Crippen LogP contribution >= 0.6 is 28.1 Å². The van der Waals surface area contributed by atoms with E-state index in [1.165, 1.54) is 49.2 Å². The SMILES string of the molecule is Cc1cc(NC(=S)NC(C)c2ccc(N3CCCCC3)cc2)ccc1Br. The highest BCUT2D eigenvalue weighted by molar-refractivity contribution is 9.10. The number of hydrogen-bond acceptors (Lipinski definition) is 2. The number of thiocarbonyl (C=S) groups is 1. The normalized spacial score (nSPS) is 15.4. The van der Waals surface area contributed by atoms with E-state index in [0.717, 1.165) is 10.2 Å². The van der Waals surface area contributed by atoms with Crippen molar-refractivity contribution in [3.63, 3.8) is 0 Å². The summed E-state index contributed by atoms with van der Waals surface area (Å²) >= 11 is 9.00. The molecule has 1 saturated heterocycles. The summed E-state index contributed by atoms with van der Waals surface area (Å²) in [7, 11) is 0. The zero-order chi connectivity index (χ0) is 18.5. The van der Waals surface area contributed by atoms with E-state index < -0.39 is 0 Å². The van der Waals surface area contributed by atoms with Crippen molar-refractivity contribution >= 4 is 44.6 Å². The Kier molecular flexibility index (Phi) is 6.54. The second kappa shape index (κ2) is 8.87. The number of nitrogens with one attached hydrogen (secondary N) is 2. The quantitative estimate of drug-likeness (QED) is 0.598. The molecule has 0 aliphatic carbocycles. The molecule has 1 atom stereocenters. The molecular weight excluding hydrogens is 406 g/mol. The van der Waals surface area contributed by atoms with Crippen LogP contribution in [0.5, 0.6) is 0 Å². The Labute approximate surface area is 170 Å². The highest BCUT2D eigenvalue weighted by atomic mass is 79.9. The minimum atomic E-state index is 0.155. The molecule has 2 aromatic carbocycles. The molecule has 2 aromatic rings. The molecule has 1 heterocycles. The van der Waals surface area contributed by atoms with Crippen LogP contribution in [0.4, 0.5) is 11.4 Å². The van der Waals surface area contributed by atoms with Crippen molar-refractivity contribution in [1.82, 2.24) is 5.32 Å². The van der Waals surface area contributed by atoms with Crippen molar-refractivity contribution in [2.75, 3.05) is 23.3 Å². The van der Waals surface area contributed by atoms with Crippen molar-refractivity contribution in [1.29, 1.82) is 0 Å². The van der Waals surface area contributed by atoms with Gasteiger partial charge in [-0.2, -0.15) is 0 Å². The lowest BCUT2D eigenvalue weighted by Gasteiger charge is -2.29. The van der Waals surface area contributed by atoms with Crippen LogP contribution in [0.15, 0.2) is 46.9 Å². The van der Waals surface area contributed by atoms with Crippen LogP contribution in [-0.2, 0) is 0 Å². The maximum atomic E-state index is 5.47. The molecule has 3 nitrogen and oxygen atoms in total. The molecule has 0 aromatic heterocycles. The molecule has 0 spiro atoms. The van der Waals surface area contributed by atoms with Crippen LogP contribution in [0, 0.1) is 6.92 Å². The molecule has 26 heavy (non-hydrogen) atoms. The summed E-state index contributed by atoms with van der Waals surface area (Å²) in [5.74, 6) is 0. The van der Waals surface area contributed by atoms with Crippen molar-refractivity contribution in [3.05, 3.63) is 58.1 Å². The number of nitrogens with zero attached hydrogens (tertiary/aromatic N) is 1. The number of benzene rings is 2. The van der Waals surface area contributed by atoms with Gasteiger partial charge in [0.25, 0.3) is 0 Å². The first-order chi connectivity index (χ1) is 12.5. The topological polar surface area (TPSA) is 27.3 Å². The lowest BCUT2D eigenvalue weighted by Crippen LogP contribution is -2.31. The van der Waals surface area contributed by atoms with Gasteiger partial charge in [0.2, 0.25) is 0 Å². The third-order valence-corrected chi connectivity index (χ3v) is 5.99. The van der Waals surface area contributed by atoms with Crippen molar-refractivity contribution in [3.8, 4) is 0 Å². The molecule has 1 aliphatic heterocycles. The molecule has 1 fully saturated rings. The highest BCUT2D eigenvalue weighted by Crippen LogP contribution is 2.23. The zero-order valence-corrected chi connectivity index (χ0v) is 17.8. The van der Waals surface area contributed by atoms with Crippen LogP contribution in [0.25, 0.3) is 0 Å². The molecule has 1 aliphatic rings. The van der Waals surface area contributed by atoms with Gasteiger partial charge >= 0.3 is 0 Å². The molecule has 3 rings (SSSR count). The second-order valence-corrected chi connectivity index (χ2v) is 8.19. The third-order valence-electron chi connectivity index (χ3n) is 4.88. The average molecular weight is 432 g/mol. The lowest BCUT2D eigenvalue weighted by molar-refractivity contribution is 0.577. The molecule has 0 bridgehead atoms. The van der Waals surface area contributed by atoms with Crippen molar-refractivity contribution in [2.45, 2.75) is 39.2 Å². The Morgan fingerprint density at radius 3 is 2.42 bits per heavy atom.